The molecule has 0 aliphatic carbocycles. The van der Waals surface area contributed by atoms with E-state index in [1.54, 1.807) is 12.1 Å². The van der Waals surface area contributed by atoms with Crippen molar-refractivity contribution in [2.45, 2.75) is 37.9 Å². The summed E-state index contributed by atoms with van der Waals surface area (Å²) in [6.07, 6.45) is 4.72. The zero-order valence-electron chi connectivity index (χ0n) is 11.3. The van der Waals surface area contributed by atoms with Crippen molar-refractivity contribution in [3.63, 3.8) is 0 Å². The molecule has 0 spiro atoms. The highest BCUT2D eigenvalue weighted by Crippen LogP contribution is 2.31. The van der Waals surface area contributed by atoms with Crippen LogP contribution < -0.4 is 0 Å². The largest absolute Gasteiger partial charge is 0.507 e. The van der Waals surface area contributed by atoms with Crippen molar-refractivity contribution < 1.29 is 19.7 Å². The summed E-state index contributed by atoms with van der Waals surface area (Å²) in [7, 11) is 0. The number of cyclic esters (lactones) is 1. The normalized spacial score (nSPS) is 19.4. The van der Waals surface area contributed by atoms with Crippen LogP contribution in [0.1, 0.15) is 24.8 Å². The molecule has 1 aromatic rings. The molecule has 0 aromatic heterocycles. The maximum absolute atomic E-state index is 11.1. The Morgan fingerprint density at radius 3 is 2.81 bits per heavy atom. The predicted molar refractivity (Wildman–Crippen MR) is 86.1 cm³/mol. The molecule has 0 saturated heterocycles. The van der Waals surface area contributed by atoms with E-state index in [1.165, 1.54) is 6.08 Å². The van der Waals surface area contributed by atoms with E-state index in [0.717, 1.165) is 10.0 Å². The molecule has 2 N–H and O–H groups in total. The fourth-order valence-electron chi connectivity index (χ4n) is 2.22. The monoisotopic (exact) mass is 418 g/mol. The van der Waals surface area contributed by atoms with Gasteiger partial charge in [0, 0.05) is 23.4 Å². The number of ether oxygens (including phenoxy) is 1. The molecule has 4 nitrogen and oxygen atoms in total. The van der Waals surface area contributed by atoms with Crippen LogP contribution in [0, 0.1) is 0 Å². The van der Waals surface area contributed by atoms with Gasteiger partial charge in [0.1, 0.15) is 11.9 Å². The van der Waals surface area contributed by atoms with Gasteiger partial charge in [0.05, 0.1) is 10.6 Å². The molecule has 0 radical (unpaired) electrons. The first-order valence-corrected chi connectivity index (χ1v) is 8.26. The molecule has 2 rings (SSSR count). The topological polar surface area (TPSA) is 66.8 Å². The van der Waals surface area contributed by atoms with E-state index >= 15 is 0 Å². The number of hydrogen-bond acceptors (Lipinski definition) is 4. The van der Waals surface area contributed by atoms with E-state index in [1.807, 2.05) is 6.07 Å². The Labute approximate surface area is 140 Å². The molecule has 0 fully saturated rings. The third kappa shape index (κ3) is 4.83. The van der Waals surface area contributed by atoms with Gasteiger partial charge in [-0.2, -0.15) is 0 Å². The van der Waals surface area contributed by atoms with Crippen LogP contribution in [0.4, 0.5) is 0 Å². The number of hydrogen-bond donors (Lipinski definition) is 2. The van der Waals surface area contributed by atoms with Crippen LogP contribution in [-0.4, -0.2) is 28.4 Å². The number of phenols is 1. The van der Waals surface area contributed by atoms with Crippen LogP contribution in [0.25, 0.3) is 0 Å². The Bertz CT molecular complexity index is 557. The van der Waals surface area contributed by atoms with Gasteiger partial charge < -0.3 is 14.9 Å². The Morgan fingerprint density at radius 2 is 2.10 bits per heavy atom. The Balaban J connectivity index is 1.86. The molecule has 1 aromatic carbocycles. The average Bonchev–Trinajstić information content (AvgIpc) is 2.41. The van der Waals surface area contributed by atoms with E-state index in [-0.39, 0.29) is 17.8 Å². The number of phenolic OH excluding ortho intramolecular Hbond substituents is 1. The molecule has 1 heterocycles. The van der Waals surface area contributed by atoms with E-state index in [9.17, 15) is 15.0 Å². The molecule has 6 heteroatoms. The first-order chi connectivity index (χ1) is 9.95. The lowest BCUT2D eigenvalue weighted by Gasteiger charge is -2.21. The summed E-state index contributed by atoms with van der Waals surface area (Å²) < 4.78 is 6.57. The molecule has 0 unspecified atom stereocenters. The second-order valence-electron chi connectivity index (χ2n) is 5.02. The molecule has 0 bridgehead atoms. The van der Waals surface area contributed by atoms with Gasteiger partial charge in [-0.3, -0.25) is 0 Å². The van der Waals surface area contributed by atoms with Crippen molar-refractivity contribution >= 4 is 37.8 Å². The Hall–Kier alpha value is -0.850. The summed E-state index contributed by atoms with van der Waals surface area (Å²) in [4.78, 5) is 11.1. The second-order valence-corrected chi connectivity index (χ2v) is 6.73. The zero-order chi connectivity index (χ0) is 15.4. The lowest BCUT2D eigenvalue weighted by atomic mass is 10.0. The minimum absolute atomic E-state index is 0.173. The summed E-state index contributed by atoms with van der Waals surface area (Å²) in [5.41, 5.74) is 0.999. The first-order valence-electron chi connectivity index (χ1n) is 6.68. The number of halogens is 2. The molecule has 1 aliphatic heterocycles. The van der Waals surface area contributed by atoms with Crippen LogP contribution >= 0.6 is 31.9 Å². The fourth-order valence-corrected chi connectivity index (χ4v) is 3.14. The Kier molecular flexibility index (Phi) is 5.84. The summed E-state index contributed by atoms with van der Waals surface area (Å²) >= 11 is 6.67. The van der Waals surface area contributed by atoms with Crippen LogP contribution in [0.15, 0.2) is 33.2 Å². The first kappa shape index (κ1) is 16.5. The van der Waals surface area contributed by atoms with E-state index in [0.29, 0.717) is 30.2 Å². The van der Waals surface area contributed by atoms with Gasteiger partial charge in [0.2, 0.25) is 0 Å². The Morgan fingerprint density at radius 1 is 1.33 bits per heavy atom. The molecule has 21 heavy (non-hydrogen) atoms. The van der Waals surface area contributed by atoms with Crippen LogP contribution in [0.5, 0.6) is 5.75 Å². The van der Waals surface area contributed by atoms with Gasteiger partial charge in [-0.1, -0.05) is 22.0 Å². The molecule has 0 saturated carbocycles. The number of aliphatic hydroxyl groups is 1. The van der Waals surface area contributed by atoms with Gasteiger partial charge >= 0.3 is 5.97 Å². The number of aliphatic hydroxyl groups excluding tert-OH is 1. The third-order valence-corrected chi connectivity index (χ3v) is 4.71. The number of rotatable bonds is 5. The molecule has 114 valence electrons. The van der Waals surface area contributed by atoms with Crippen LogP contribution in [0.3, 0.4) is 0 Å². The molecule has 1 aliphatic rings. The lowest BCUT2D eigenvalue weighted by molar-refractivity contribution is -0.145. The number of aryl methyl sites for hydroxylation is 1. The van der Waals surface area contributed by atoms with Gasteiger partial charge in [0.15, 0.2) is 0 Å². The van der Waals surface area contributed by atoms with Crippen molar-refractivity contribution in [1.29, 1.82) is 0 Å². The fraction of sp³-hybridized carbons (Fsp3) is 0.400. The van der Waals surface area contributed by atoms with Gasteiger partial charge in [0.25, 0.3) is 0 Å². The van der Waals surface area contributed by atoms with Gasteiger partial charge in [-0.05, 0) is 46.5 Å². The second kappa shape index (κ2) is 7.42. The van der Waals surface area contributed by atoms with Crippen LogP contribution in [0.2, 0.25) is 0 Å². The molecular formula is C15H16Br2O4. The molecule has 2 atom stereocenters. The van der Waals surface area contributed by atoms with E-state index in [4.69, 9.17) is 4.74 Å². The summed E-state index contributed by atoms with van der Waals surface area (Å²) in [5.74, 6) is -0.171. The van der Waals surface area contributed by atoms with Crippen molar-refractivity contribution in [2.24, 2.45) is 0 Å². The quantitative estimate of drug-likeness (QED) is 0.717. The minimum Gasteiger partial charge on any atom is -0.507 e. The number of aromatic hydroxyl groups is 1. The average molecular weight is 420 g/mol. The smallest absolute Gasteiger partial charge is 0.330 e. The molecule has 0 amide bonds. The maximum Gasteiger partial charge on any atom is 0.330 e. The van der Waals surface area contributed by atoms with Gasteiger partial charge in [-0.15, -0.1) is 0 Å². The number of esters is 1. The third-order valence-electron chi connectivity index (χ3n) is 3.33. The van der Waals surface area contributed by atoms with E-state index < -0.39 is 6.10 Å². The van der Waals surface area contributed by atoms with Crippen molar-refractivity contribution in [3.8, 4) is 5.75 Å². The summed E-state index contributed by atoms with van der Waals surface area (Å²) in [6, 6.07) is 3.45. The SMILES string of the molecule is O=C1C=CC[C@H](C[C@@H](O)CCc2cc(Br)c(O)cc2Br)O1. The number of carbonyl (C=O) groups is 1. The van der Waals surface area contributed by atoms with Crippen molar-refractivity contribution in [3.05, 3.63) is 38.8 Å². The number of benzene rings is 1. The minimum atomic E-state index is -0.534. The maximum atomic E-state index is 11.1. The highest BCUT2D eigenvalue weighted by atomic mass is 79.9. The predicted octanol–water partition coefficient (Wildman–Crippen LogP) is 3.47. The standard InChI is InChI=1S/C15H16Br2O4/c16-12-8-14(19)13(17)6-9(12)4-5-10(18)7-11-2-1-3-15(20)21-11/h1,3,6,8,10-11,18-19H,2,4-5,7H2/t10-,11+/m0/s1. The van der Waals surface area contributed by atoms with E-state index in [2.05, 4.69) is 31.9 Å². The van der Waals surface area contributed by atoms with Crippen molar-refractivity contribution in [2.75, 3.05) is 0 Å². The number of carbonyl (C=O) groups excluding carboxylic acids is 1. The zero-order valence-corrected chi connectivity index (χ0v) is 14.4. The lowest BCUT2D eigenvalue weighted by Crippen LogP contribution is -2.25. The summed E-state index contributed by atoms with van der Waals surface area (Å²) in [6.45, 7) is 0. The van der Waals surface area contributed by atoms with Gasteiger partial charge in [-0.25, -0.2) is 4.79 Å². The highest BCUT2D eigenvalue weighted by Gasteiger charge is 2.20. The van der Waals surface area contributed by atoms with Crippen LogP contribution in [-0.2, 0) is 16.0 Å². The van der Waals surface area contributed by atoms with Crippen molar-refractivity contribution in [1.82, 2.24) is 0 Å². The highest BCUT2D eigenvalue weighted by molar-refractivity contribution is 9.11. The molecular weight excluding hydrogens is 404 g/mol. The summed E-state index contributed by atoms with van der Waals surface area (Å²) in [5, 5.41) is 19.6.